The molecule has 1 unspecified atom stereocenters. The Morgan fingerprint density at radius 2 is 2.40 bits per heavy atom. The van der Waals surface area contributed by atoms with Gasteiger partial charge in [0.25, 0.3) is 0 Å². The Labute approximate surface area is 89.6 Å². The van der Waals surface area contributed by atoms with Crippen molar-refractivity contribution in [2.75, 3.05) is 5.32 Å². The smallest absolute Gasteiger partial charge is 0.241 e. The molecular formula is C10H18N4O. The highest BCUT2D eigenvalue weighted by atomic mass is 16.2. The summed E-state index contributed by atoms with van der Waals surface area (Å²) in [6, 6.07) is -0.436. The molecule has 0 saturated heterocycles. The summed E-state index contributed by atoms with van der Waals surface area (Å²) < 4.78 is 1.66. The topological polar surface area (TPSA) is 72.9 Å². The fraction of sp³-hybridized carbons (Fsp3) is 0.600. The fourth-order valence-electron chi connectivity index (χ4n) is 1.39. The van der Waals surface area contributed by atoms with Crippen LogP contribution in [0.4, 0.5) is 5.69 Å². The number of aryl methyl sites for hydroxylation is 2. The van der Waals surface area contributed by atoms with E-state index in [1.165, 1.54) is 0 Å². The van der Waals surface area contributed by atoms with E-state index >= 15 is 0 Å². The summed E-state index contributed by atoms with van der Waals surface area (Å²) >= 11 is 0. The summed E-state index contributed by atoms with van der Waals surface area (Å²) in [6.07, 6.45) is 3.37. The minimum absolute atomic E-state index is 0.145. The second-order valence-electron chi connectivity index (χ2n) is 3.69. The van der Waals surface area contributed by atoms with Crippen molar-refractivity contribution >= 4 is 11.6 Å². The molecule has 3 N–H and O–H groups in total. The van der Waals surface area contributed by atoms with Crippen molar-refractivity contribution in [3.05, 3.63) is 11.9 Å². The van der Waals surface area contributed by atoms with Gasteiger partial charge in [-0.15, -0.1) is 0 Å². The van der Waals surface area contributed by atoms with Gasteiger partial charge in [0, 0.05) is 13.2 Å². The normalized spacial score (nSPS) is 12.5. The molecule has 0 aliphatic carbocycles. The van der Waals surface area contributed by atoms with Crippen molar-refractivity contribution < 1.29 is 4.79 Å². The molecule has 1 heterocycles. The van der Waals surface area contributed by atoms with E-state index in [2.05, 4.69) is 10.4 Å². The Morgan fingerprint density at radius 1 is 1.73 bits per heavy atom. The molecule has 1 aromatic rings. The van der Waals surface area contributed by atoms with E-state index in [9.17, 15) is 4.79 Å². The number of anilines is 1. The van der Waals surface area contributed by atoms with Crippen molar-refractivity contribution in [2.45, 2.75) is 32.7 Å². The van der Waals surface area contributed by atoms with E-state index in [1.54, 1.807) is 10.9 Å². The number of rotatable bonds is 4. The van der Waals surface area contributed by atoms with Crippen molar-refractivity contribution in [3.63, 3.8) is 0 Å². The lowest BCUT2D eigenvalue weighted by molar-refractivity contribution is -0.117. The lowest BCUT2D eigenvalue weighted by Gasteiger charge is -2.09. The van der Waals surface area contributed by atoms with Crippen molar-refractivity contribution in [1.82, 2.24) is 9.78 Å². The van der Waals surface area contributed by atoms with Gasteiger partial charge in [-0.3, -0.25) is 9.48 Å². The van der Waals surface area contributed by atoms with E-state index in [1.807, 2.05) is 20.9 Å². The van der Waals surface area contributed by atoms with Gasteiger partial charge in [-0.05, 0) is 13.3 Å². The van der Waals surface area contributed by atoms with Gasteiger partial charge >= 0.3 is 0 Å². The maximum Gasteiger partial charge on any atom is 0.241 e. The molecule has 1 aromatic heterocycles. The largest absolute Gasteiger partial charge is 0.322 e. The quantitative estimate of drug-likeness (QED) is 0.771. The average Bonchev–Trinajstić information content (AvgIpc) is 2.45. The van der Waals surface area contributed by atoms with Gasteiger partial charge in [-0.25, -0.2) is 0 Å². The Hall–Kier alpha value is -1.36. The highest BCUT2D eigenvalue weighted by molar-refractivity contribution is 5.94. The predicted octanol–water partition coefficient (Wildman–Crippen LogP) is 0.794. The van der Waals surface area contributed by atoms with Crippen LogP contribution >= 0.6 is 0 Å². The second-order valence-corrected chi connectivity index (χ2v) is 3.69. The second kappa shape index (κ2) is 4.93. The van der Waals surface area contributed by atoms with Crippen molar-refractivity contribution in [3.8, 4) is 0 Å². The number of aromatic nitrogens is 2. The van der Waals surface area contributed by atoms with Gasteiger partial charge in [0.1, 0.15) is 0 Å². The third-order valence-corrected chi connectivity index (χ3v) is 2.21. The summed E-state index contributed by atoms with van der Waals surface area (Å²) in [4.78, 5) is 11.6. The van der Waals surface area contributed by atoms with E-state index in [0.29, 0.717) is 6.42 Å². The first kappa shape index (κ1) is 11.7. The Morgan fingerprint density at radius 3 is 2.87 bits per heavy atom. The average molecular weight is 210 g/mol. The van der Waals surface area contributed by atoms with Gasteiger partial charge in [0.2, 0.25) is 5.91 Å². The number of amides is 1. The Balaban J connectivity index is 2.62. The maximum atomic E-state index is 11.6. The molecule has 0 aliphatic rings. The van der Waals surface area contributed by atoms with Gasteiger partial charge in [-0.1, -0.05) is 13.3 Å². The Kier molecular flexibility index (Phi) is 3.85. The molecule has 15 heavy (non-hydrogen) atoms. The first-order valence-corrected chi connectivity index (χ1v) is 5.11. The number of carbonyl (C=O) groups is 1. The molecule has 1 rings (SSSR count). The molecule has 84 valence electrons. The molecule has 0 saturated carbocycles. The minimum atomic E-state index is -0.436. The van der Waals surface area contributed by atoms with Crippen LogP contribution in [0.3, 0.4) is 0 Å². The van der Waals surface area contributed by atoms with Crippen LogP contribution in [0.15, 0.2) is 6.20 Å². The van der Waals surface area contributed by atoms with E-state index in [4.69, 9.17) is 5.73 Å². The minimum Gasteiger partial charge on any atom is -0.322 e. The molecule has 0 aromatic carbocycles. The molecule has 1 amide bonds. The SMILES string of the molecule is CCCC(N)C(=O)Nc1cn(C)nc1C. The fourth-order valence-corrected chi connectivity index (χ4v) is 1.39. The first-order chi connectivity index (χ1) is 7.04. The summed E-state index contributed by atoms with van der Waals surface area (Å²) in [6.45, 7) is 3.85. The van der Waals surface area contributed by atoms with Crippen LogP contribution in [-0.4, -0.2) is 21.7 Å². The van der Waals surface area contributed by atoms with E-state index in [-0.39, 0.29) is 5.91 Å². The zero-order valence-corrected chi connectivity index (χ0v) is 9.45. The lowest BCUT2D eigenvalue weighted by atomic mass is 10.1. The van der Waals surface area contributed by atoms with Crippen LogP contribution in [0.2, 0.25) is 0 Å². The number of nitrogens with zero attached hydrogens (tertiary/aromatic N) is 2. The van der Waals surface area contributed by atoms with Crippen LogP contribution in [0.1, 0.15) is 25.5 Å². The standard InChI is InChI=1S/C10H18N4O/c1-4-5-8(11)10(15)12-9-6-14(3)13-7(9)2/h6,8H,4-5,11H2,1-3H3,(H,12,15). The number of nitrogens with one attached hydrogen (secondary N) is 1. The Bertz CT molecular complexity index is 345. The lowest BCUT2D eigenvalue weighted by Crippen LogP contribution is -2.35. The zero-order chi connectivity index (χ0) is 11.4. The highest BCUT2D eigenvalue weighted by Crippen LogP contribution is 2.11. The van der Waals surface area contributed by atoms with E-state index < -0.39 is 6.04 Å². The van der Waals surface area contributed by atoms with Crippen LogP contribution in [-0.2, 0) is 11.8 Å². The summed E-state index contributed by atoms with van der Waals surface area (Å²) in [5.74, 6) is -0.145. The molecule has 0 bridgehead atoms. The van der Waals surface area contributed by atoms with Crippen LogP contribution in [0.5, 0.6) is 0 Å². The molecule has 1 atom stereocenters. The molecule has 0 radical (unpaired) electrons. The first-order valence-electron chi connectivity index (χ1n) is 5.11. The third-order valence-electron chi connectivity index (χ3n) is 2.21. The number of hydrogen-bond donors (Lipinski definition) is 2. The van der Waals surface area contributed by atoms with Gasteiger partial charge in [0.05, 0.1) is 17.4 Å². The maximum absolute atomic E-state index is 11.6. The zero-order valence-electron chi connectivity index (χ0n) is 9.45. The van der Waals surface area contributed by atoms with E-state index in [0.717, 1.165) is 17.8 Å². The molecule has 5 nitrogen and oxygen atoms in total. The number of nitrogens with two attached hydrogens (primary N) is 1. The molecule has 5 heteroatoms. The highest BCUT2D eigenvalue weighted by Gasteiger charge is 2.14. The molecular weight excluding hydrogens is 192 g/mol. The van der Waals surface area contributed by atoms with Crippen molar-refractivity contribution in [1.29, 1.82) is 0 Å². The number of hydrogen-bond acceptors (Lipinski definition) is 3. The monoisotopic (exact) mass is 210 g/mol. The molecule has 0 fully saturated rings. The number of carbonyl (C=O) groups excluding carboxylic acids is 1. The van der Waals surface area contributed by atoms with Crippen LogP contribution in [0, 0.1) is 6.92 Å². The summed E-state index contributed by atoms with van der Waals surface area (Å²) in [7, 11) is 1.81. The van der Waals surface area contributed by atoms with Gasteiger partial charge < -0.3 is 11.1 Å². The van der Waals surface area contributed by atoms with Gasteiger partial charge in [-0.2, -0.15) is 5.10 Å². The predicted molar refractivity (Wildman–Crippen MR) is 59.5 cm³/mol. The summed E-state index contributed by atoms with van der Waals surface area (Å²) in [5, 5.41) is 6.90. The van der Waals surface area contributed by atoms with Gasteiger partial charge in [0.15, 0.2) is 0 Å². The van der Waals surface area contributed by atoms with Crippen LogP contribution < -0.4 is 11.1 Å². The molecule has 0 spiro atoms. The van der Waals surface area contributed by atoms with Crippen LogP contribution in [0.25, 0.3) is 0 Å². The molecule has 0 aliphatic heterocycles. The summed E-state index contributed by atoms with van der Waals surface area (Å²) in [5.41, 5.74) is 7.22. The van der Waals surface area contributed by atoms with Crippen molar-refractivity contribution in [2.24, 2.45) is 12.8 Å². The third kappa shape index (κ3) is 3.06.